The number of H-pyrrole nitrogens is 1. The number of aromatic amines is 1. The lowest BCUT2D eigenvalue weighted by Crippen LogP contribution is -2.19. The van der Waals surface area contributed by atoms with Crippen molar-refractivity contribution in [2.75, 3.05) is 5.32 Å². The first-order valence-electron chi connectivity index (χ1n) is 6.89. The second-order valence-electron chi connectivity index (χ2n) is 5.31. The summed E-state index contributed by atoms with van der Waals surface area (Å²) < 4.78 is 13.4. The van der Waals surface area contributed by atoms with Crippen LogP contribution in [0.5, 0.6) is 0 Å². The van der Waals surface area contributed by atoms with Crippen molar-refractivity contribution in [3.05, 3.63) is 52.1 Å². The summed E-state index contributed by atoms with van der Waals surface area (Å²) >= 11 is 0. The summed E-state index contributed by atoms with van der Waals surface area (Å²) in [5, 5.41) is 11.5. The number of halogens is 1. The number of amides is 2. The molecule has 0 spiro atoms. The van der Waals surface area contributed by atoms with Gasteiger partial charge in [-0.15, -0.1) is 0 Å². The fourth-order valence-corrected chi connectivity index (χ4v) is 2.76. The lowest BCUT2D eigenvalue weighted by Gasteiger charge is -2.00. The molecular weight excluding hydrogens is 301 g/mol. The maximum absolute atomic E-state index is 13.4. The standard InChI is InChI=1S/C16H14FN3O3/c1-7-13(18-8(2)14(7)16(22)20-23)6-11-10-5-9(17)3-4-12(10)19-15(11)21/h3-6,18,23H,1-2H3,(H,19,21)(H,20,22)/b11-6-. The molecule has 118 valence electrons. The van der Waals surface area contributed by atoms with Gasteiger partial charge in [-0.25, -0.2) is 9.87 Å². The van der Waals surface area contributed by atoms with Crippen LogP contribution in [0.4, 0.5) is 10.1 Å². The van der Waals surface area contributed by atoms with Gasteiger partial charge < -0.3 is 10.3 Å². The quantitative estimate of drug-likeness (QED) is 0.389. The molecule has 0 fully saturated rings. The molecule has 1 aliphatic rings. The highest BCUT2D eigenvalue weighted by Gasteiger charge is 2.26. The van der Waals surface area contributed by atoms with Gasteiger partial charge in [0.1, 0.15) is 5.82 Å². The van der Waals surface area contributed by atoms with Crippen molar-refractivity contribution < 1.29 is 19.2 Å². The first-order valence-corrected chi connectivity index (χ1v) is 6.89. The number of aryl methyl sites for hydroxylation is 1. The Bertz CT molecular complexity index is 868. The molecule has 2 aromatic rings. The van der Waals surface area contributed by atoms with Gasteiger partial charge in [-0.1, -0.05) is 0 Å². The van der Waals surface area contributed by atoms with Gasteiger partial charge in [0.05, 0.1) is 11.1 Å². The van der Waals surface area contributed by atoms with Crippen LogP contribution < -0.4 is 10.8 Å². The van der Waals surface area contributed by atoms with E-state index < -0.39 is 11.7 Å². The zero-order valence-electron chi connectivity index (χ0n) is 12.5. The van der Waals surface area contributed by atoms with Crippen molar-refractivity contribution in [2.45, 2.75) is 13.8 Å². The Labute approximate surface area is 131 Å². The molecule has 0 aliphatic carbocycles. The van der Waals surface area contributed by atoms with Crippen LogP contribution in [-0.4, -0.2) is 22.0 Å². The summed E-state index contributed by atoms with van der Waals surface area (Å²) in [6.45, 7) is 3.38. The second-order valence-corrected chi connectivity index (χ2v) is 5.31. The normalized spacial score (nSPS) is 14.8. The fraction of sp³-hybridized carbons (Fsp3) is 0.125. The topological polar surface area (TPSA) is 94.2 Å². The zero-order chi connectivity index (χ0) is 16.7. The van der Waals surface area contributed by atoms with Crippen molar-refractivity contribution >= 4 is 29.2 Å². The van der Waals surface area contributed by atoms with Gasteiger partial charge in [-0.2, -0.15) is 0 Å². The summed E-state index contributed by atoms with van der Waals surface area (Å²) in [6, 6.07) is 4.06. The van der Waals surface area contributed by atoms with Crippen LogP contribution in [0.1, 0.15) is 32.9 Å². The summed E-state index contributed by atoms with van der Waals surface area (Å²) in [5.74, 6) is -1.42. The lowest BCUT2D eigenvalue weighted by atomic mass is 10.0. The summed E-state index contributed by atoms with van der Waals surface area (Å²) in [6.07, 6.45) is 1.57. The molecule has 4 N–H and O–H groups in total. The van der Waals surface area contributed by atoms with Crippen LogP contribution in [0.15, 0.2) is 18.2 Å². The maximum atomic E-state index is 13.4. The number of hydrogen-bond donors (Lipinski definition) is 4. The smallest absolute Gasteiger partial charge is 0.276 e. The van der Waals surface area contributed by atoms with Gasteiger partial charge in [0, 0.05) is 22.6 Å². The largest absolute Gasteiger partial charge is 0.358 e. The minimum absolute atomic E-state index is 0.303. The third-order valence-electron chi connectivity index (χ3n) is 3.86. The molecule has 0 saturated carbocycles. The summed E-state index contributed by atoms with van der Waals surface area (Å²) in [5.41, 5.74) is 4.89. The van der Waals surface area contributed by atoms with E-state index in [0.29, 0.717) is 39.3 Å². The van der Waals surface area contributed by atoms with E-state index in [1.54, 1.807) is 25.4 Å². The Morgan fingerprint density at radius 3 is 2.78 bits per heavy atom. The van der Waals surface area contributed by atoms with E-state index in [0.717, 1.165) is 0 Å². The summed E-state index contributed by atoms with van der Waals surface area (Å²) in [4.78, 5) is 26.8. The Morgan fingerprint density at radius 2 is 2.09 bits per heavy atom. The molecule has 1 aliphatic heterocycles. The molecule has 0 bridgehead atoms. The third kappa shape index (κ3) is 2.40. The second kappa shape index (κ2) is 5.36. The fourth-order valence-electron chi connectivity index (χ4n) is 2.76. The summed E-state index contributed by atoms with van der Waals surface area (Å²) in [7, 11) is 0. The van der Waals surface area contributed by atoms with E-state index in [1.165, 1.54) is 18.2 Å². The Balaban J connectivity index is 2.12. The molecule has 2 amide bonds. The molecule has 0 unspecified atom stereocenters. The van der Waals surface area contributed by atoms with E-state index in [2.05, 4.69) is 10.3 Å². The average Bonchev–Trinajstić information content (AvgIpc) is 2.96. The molecule has 2 heterocycles. The average molecular weight is 315 g/mol. The van der Waals surface area contributed by atoms with E-state index in [4.69, 9.17) is 5.21 Å². The van der Waals surface area contributed by atoms with Gasteiger partial charge in [0.15, 0.2) is 0 Å². The number of hydrogen-bond acceptors (Lipinski definition) is 3. The van der Waals surface area contributed by atoms with Crippen molar-refractivity contribution in [3.63, 3.8) is 0 Å². The monoisotopic (exact) mass is 315 g/mol. The van der Waals surface area contributed by atoms with Crippen LogP contribution in [0, 0.1) is 19.7 Å². The number of carbonyl (C=O) groups excluding carboxylic acids is 2. The molecule has 23 heavy (non-hydrogen) atoms. The predicted molar refractivity (Wildman–Crippen MR) is 82.4 cm³/mol. The molecule has 1 aromatic carbocycles. The molecule has 0 atom stereocenters. The van der Waals surface area contributed by atoms with E-state index in [9.17, 15) is 14.0 Å². The van der Waals surface area contributed by atoms with Crippen LogP contribution in [-0.2, 0) is 4.79 Å². The number of benzene rings is 1. The van der Waals surface area contributed by atoms with Gasteiger partial charge in [0.2, 0.25) is 0 Å². The molecule has 7 heteroatoms. The van der Waals surface area contributed by atoms with E-state index in [-0.39, 0.29) is 5.91 Å². The van der Waals surface area contributed by atoms with Crippen LogP contribution in [0.2, 0.25) is 0 Å². The molecule has 3 rings (SSSR count). The minimum atomic E-state index is -0.636. The maximum Gasteiger partial charge on any atom is 0.276 e. The Hall–Kier alpha value is -2.93. The number of carbonyl (C=O) groups is 2. The van der Waals surface area contributed by atoms with Crippen molar-refractivity contribution in [1.29, 1.82) is 0 Å². The molecular formula is C16H14FN3O3. The van der Waals surface area contributed by atoms with Crippen LogP contribution in [0.25, 0.3) is 11.6 Å². The molecule has 0 radical (unpaired) electrons. The van der Waals surface area contributed by atoms with Gasteiger partial charge in [0.25, 0.3) is 11.8 Å². The number of aromatic nitrogens is 1. The minimum Gasteiger partial charge on any atom is -0.358 e. The lowest BCUT2D eigenvalue weighted by molar-refractivity contribution is -0.110. The first-order chi connectivity index (χ1) is 10.9. The number of hydroxylamine groups is 1. The number of anilines is 1. The number of nitrogens with one attached hydrogen (secondary N) is 3. The number of rotatable bonds is 2. The zero-order valence-corrected chi connectivity index (χ0v) is 12.5. The molecule has 6 nitrogen and oxygen atoms in total. The SMILES string of the molecule is Cc1[nH]c(/C=C2\C(=O)Nc3ccc(F)cc32)c(C)c1C(=O)NO. The third-order valence-corrected chi connectivity index (χ3v) is 3.86. The first kappa shape index (κ1) is 15.0. The van der Waals surface area contributed by atoms with Gasteiger partial charge >= 0.3 is 0 Å². The predicted octanol–water partition coefficient (Wildman–Crippen LogP) is 2.38. The Morgan fingerprint density at radius 1 is 1.35 bits per heavy atom. The highest BCUT2D eigenvalue weighted by molar-refractivity contribution is 6.34. The Kier molecular flexibility index (Phi) is 3.49. The molecule has 1 aromatic heterocycles. The molecule has 0 saturated heterocycles. The highest BCUT2D eigenvalue weighted by atomic mass is 19.1. The van der Waals surface area contributed by atoms with E-state index in [1.807, 2.05) is 0 Å². The van der Waals surface area contributed by atoms with Gasteiger partial charge in [-0.3, -0.25) is 14.8 Å². The van der Waals surface area contributed by atoms with Crippen LogP contribution >= 0.6 is 0 Å². The van der Waals surface area contributed by atoms with Crippen molar-refractivity contribution in [1.82, 2.24) is 10.5 Å². The van der Waals surface area contributed by atoms with Crippen LogP contribution in [0.3, 0.4) is 0 Å². The van der Waals surface area contributed by atoms with Gasteiger partial charge in [-0.05, 0) is 43.7 Å². The van der Waals surface area contributed by atoms with E-state index >= 15 is 0 Å². The number of fused-ring (bicyclic) bond motifs is 1. The van der Waals surface area contributed by atoms with Crippen molar-refractivity contribution in [3.8, 4) is 0 Å². The highest BCUT2D eigenvalue weighted by Crippen LogP contribution is 2.34. The van der Waals surface area contributed by atoms with Crippen molar-refractivity contribution in [2.24, 2.45) is 0 Å².